The zero-order chi connectivity index (χ0) is 22.6. The minimum Gasteiger partial charge on any atom is -0.489 e. The first-order chi connectivity index (χ1) is 15.4. The van der Waals surface area contributed by atoms with E-state index >= 15 is 0 Å². The number of furan rings is 1. The van der Waals surface area contributed by atoms with Gasteiger partial charge in [-0.15, -0.1) is 0 Å². The van der Waals surface area contributed by atoms with Crippen LogP contribution in [0.5, 0.6) is 5.75 Å². The zero-order valence-corrected chi connectivity index (χ0v) is 18.4. The summed E-state index contributed by atoms with van der Waals surface area (Å²) in [5, 5.41) is 2.73. The van der Waals surface area contributed by atoms with Crippen LogP contribution in [0.15, 0.2) is 70.2 Å². The molecule has 9 heteroatoms. The number of amides is 1. The summed E-state index contributed by atoms with van der Waals surface area (Å²) in [5.74, 6) is 0.302. The summed E-state index contributed by atoms with van der Waals surface area (Å²) in [6.45, 7) is 3.21. The van der Waals surface area contributed by atoms with E-state index in [0.29, 0.717) is 48.9 Å². The molecule has 0 atom stereocenters. The lowest BCUT2D eigenvalue weighted by Gasteiger charge is -2.26. The molecule has 1 N–H and O–H groups in total. The second-order valence-electron chi connectivity index (χ2n) is 7.33. The van der Waals surface area contributed by atoms with Crippen molar-refractivity contribution < 1.29 is 27.1 Å². The van der Waals surface area contributed by atoms with E-state index in [4.69, 9.17) is 13.9 Å². The summed E-state index contributed by atoms with van der Waals surface area (Å²) in [6.07, 6.45) is 1.42. The van der Waals surface area contributed by atoms with Gasteiger partial charge in [0.25, 0.3) is 5.91 Å². The number of rotatable bonds is 7. The molecule has 1 aromatic heterocycles. The van der Waals surface area contributed by atoms with Gasteiger partial charge in [0, 0.05) is 24.3 Å². The first kappa shape index (κ1) is 22.1. The molecule has 0 bridgehead atoms. The Morgan fingerprint density at radius 1 is 1.09 bits per heavy atom. The Bertz CT molecular complexity index is 1180. The molecule has 2 heterocycles. The third-order valence-electron chi connectivity index (χ3n) is 5.12. The number of nitrogens with one attached hydrogen (secondary N) is 1. The smallest absolute Gasteiger partial charge is 0.291 e. The Morgan fingerprint density at radius 2 is 1.84 bits per heavy atom. The highest BCUT2D eigenvalue weighted by Gasteiger charge is 2.28. The molecule has 4 rings (SSSR count). The van der Waals surface area contributed by atoms with Crippen LogP contribution in [0.4, 0.5) is 5.69 Å². The van der Waals surface area contributed by atoms with E-state index in [9.17, 15) is 13.2 Å². The summed E-state index contributed by atoms with van der Waals surface area (Å²) < 4.78 is 43.9. The van der Waals surface area contributed by atoms with Crippen LogP contribution in [0, 0.1) is 6.92 Å². The third-order valence-corrected chi connectivity index (χ3v) is 7.17. The van der Waals surface area contributed by atoms with Gasteiger partial charge in [-0.05, 0) is 42.8 Å². The molecule has 1 aliphatic rings. The fourth-order valence-corrected chi connectivity index (χ4v) is 5.05. The van der Waals surface area contributed by atoms with Gasteiger partial charge in [-0.1, -0.05) is 24.3 Å². The molecule has 1 fully saturated rings. The molecule has 1 amide bonds. The quantitative estimate of drug-likeness (QED) is 0.585. The van der Waals surface area contributed by atoms with Crippen molar-refractivity contribution in [2.45, 2.75) is 18.4 Å². The fourth-order valence-electron chi connectivity index (χ4n) is 3.40. The highest BCUT2D eigenvalue weighted by atomic mass is 32.2. The number of carbonyl (C=O) groups is 1. The number of hydrogen-bond donors (Lipinski definition) is 1. The van der Waals surface area contributed by atoms with Gasteiger partial charge in [0.1, 0.15) is 12.4 Å². The average Bonchev–Trinajstić information content (AvgIpc) is 3.29. The van der Waals surface area contributed by atoms with Crippen LogP contribution in [-0.4, -0.2) is 44.9 Å². The molecule has 0 saturated carbocycles. The van der Waals surface area contributed by atoms with Crippen LogP contribution >= 0.6 is 0 Å². The van der Waals surface area contributed by atoms with Crippen molar-refractivity contribution in [2.24, 2.45) is 0 Å². The molecule has 1 saturated heterocycles. The Hall–Kier alpha value is -3.14. The maximum absolute atomic E-state index is 13.1. The number of sulfonamides is 1. The summed E-state index contributed by atoms with van der Waals surface area (Å²) in [5.41, 5.74) is 1.54. The second kappa shape index (κ2) is 9.56. The van der Waals surface area contributed by atoms with Gasteiger partial charge in [-0.2, -0.15) is 4.31 Å². The molecule has 32 heavy (non-hydrogen) atoms. The highest BCUT2D eigenvalue weighted by molar-refractivity contribution is 7.89. The molecule has 0 spiro atoms. The van der Waals surface area contributed by atoms with Crippen molar-refractivity contribution in [2.75, 3.05) is 31.6 Å². The summed E-state index contributed by atoms with van der Waals surface area (Å²) >= 11 is 0. The van der Waals surface area contributed by atoms with E-state index < -0.39 is 15.9 Å². The molecule has 3 aromatic rings. The van der Waals surface area contributed by atoms with E-state index in [1.807, 2.05) is 30.3 Å². The minimum atomic E-state index is -3.69. The molecule has 0 unspecified atom stereocenters. The van der Waals surface area contributed by atoms with Crippen molar-refractivity contribution in [3.05, 3.63) is 77.7 Å². The third kappa shape index (κ3) is 4.85. The van der Waals surface area contributed by atoms with Crippen molar-refractivity contribution in [3.8, 4) is 5.75 Å². The summed E-state index contributed by atoms with van der Waals surface area (Å²) in [4.78, 5) is 13.0. The van der Waals surface area contributed by atoms with Gasteiger partial charge >= 0.3 is 0 Å². The van der Waals surface area contributed by atoms with Gasteiger partial charge < -0.3 is 19.2 Å². The number of carbonyl (C=O) groups excluding carboxylic acids is 1. The number of hydrogen-bond acceptors (Lipinski definition) is 6. The monoisotopic (exact) mass is 456 g/mol. The minimum absolute atomic E-state index is 0.110. The Kier molecular flexibility index (Phi) is 6.59. The Labute approximate surface area is 186 Å². The van der Waals surface area contributed by atoms with Gasteiger partial charge in [0.05, 0.1) is 24.4 Å². The van der Waals surface area contributed by atoms with E-state index in [2.05, 4.69) is 5.32 Å². The average molecular weight is 457 g/mol. The lowest BCUT2D eigenvalue weighted by molar-refractivity contribution is 0.0730. The molecule has 2 aromatic carbocycles. The largest absolute Gasteiger partial charge is 0.489 e. The van der Waals surface area contributed by atoms with Crippen molar-refractivity contribution in [3.63, 3.8) is 0 Å². The molecule has 0 aliphatic carbocycles. The number of para-hydroxylation sites is 1. The Morgan fingerprint density at radius 3 is 2.59 bits per heavy atom. The molecule has 168 valence electrons. The normalized spacial score (nSPS) is 14.8. The van der Waals surface area contributed by atoms with Crippen LogP contribution in [0.1, 0.15) is 21.7 Å². The molecule has 0 radical (unpaired) electrons. The standard InChI is InChI=1S/C23H24N2O6S/c1-17-7-8-19(15-21(17)32(27,28)25-10-13-29-14-11-25)24-23(26)22-18(9-12-30-22)16-31-20-5-3-2-4-6-20/h2-9,12,15H,10-11,13-14,16H2,1H3,(H,24,26). The number of morpholine rings is 1. The van der Waals surface area contributed by atoms with E-state index in [0.717, 1.165) is 0 Å². The first-order valence-corrected chi connectivity index (χ1v) is 11.6. The lowest BCUT2D eigenvalue weighted by atomic mass is 10.2. The van der Waals surface area contributed by atoms with Crippen LogP contribution in [0.2, 0.25) is 0 Å². The summed E-state index contributed by atoms with van der Waals surface area (Å²) in [6, 6.07) is 15.7. The first-order valence-electron chi connectivity index (χ1n) is 10.2. The van der Waals surface area contributed by atoms with Crippen LogP contribution in [0.3, 0.4) is 0 Å². The SMILES string of the molecule is Cc1ccc(NC(=O)c2occc2COc2ccccc2)cc1S(=O)(=O)N1CCOCC1. The van der Waals surface area contributed by atoms with Crippen LogP contribution in [0.25, 0.3) is 0 Å². The lowest BCUT2D eigenvalue weighted by Crippen LogP contribution is -2.40. The number of ether oxygens (including phenoxy) is 2. The van der Waals surface area contributed by atoms with Crippen molar-refractivity contribution in [1.29, 1.82) is 0 Å². The fraction of sp³-hybridized carbons (Fsp3) is 0.261. The zero-order valence-electron chi connectivity index (χ0n) is 17.6. The summed E-state index contributed by atoms with van der Waals surface area (Å²) in [7, 11) is -3.69. The number of aryl methyl sites for hydroxylation is 1. The molecule has 8 nitrogen and oxygen atoms in total. The number of anilines is 1. The van der Waals surface area contributed by atoms with Gasteiger partial charge in [0.15, 0.2) is 5.76 Å². The maximum atomic E-state index is 13.1. The predicted octanol–water partition coefficient (Wildman–Crippen LogP) is 3.44. The number of benzene rings is 2. The van der Waals surface area contributed by atoms with Crippen molar-refractivity contribution >= 4 is 21.6 Å². The van der Waals surface area contributed by atoms with Crippen molar-refractivity contribution in [1.82, 2.24) is 4.31 Å². The van der Waals surface area contributed by atoms with Gasteiger partial charge in [-0.3, -0.25) is 4.79 Å². The van der Waals surface area contributed by atoms with Gasteiger partial charge in [-0.25, -0.2) is 8.42 Å². The maximum Gasteiger partial charge on any atom is 0.291 e. The van der Waals surface area contributed by atoms with E-state index in [1.54, 1.807) is 25.1 Å². The number of nitrogens with zero attached hydrogens (tertiary/aromatic N) is 1. The molecular weight excluding hydrogens is 432 g/mol. The van der Waals surface area contributed by atoms with Crippen LogP contribution in [-0.2, 0) is 21.4 Å². The molecule has 1 aliphatic heterocycles. The van der Waals surface area contributed by atoms with Gasteiger partial charge in [0.2, 0.25) is 10.0 Å². The predicted molar refractivity (Wildman–Crippen MR) is 118 cm³/mol. The van der Waals surface area contributed by atoms with Crippen LogP contribution < -0.4 is 10.1 Å². The second-order valence-corrected chi connectivity index (χ2v) is 9.23. The molecular formula is C23H24N2O6S. The Balaban J connectivity index is 1.50. The van der Waals surface area contributed by atoms with E-state index in [-0.39, 0.29) is 17.3 Å². The van der Waals surface area contributed by atoms with E-state index in [1.165, 1.54) is 16.6 Å². The highest BCUT2D eigenvalue weighted by Crippen LogP contribution is 2.25. The topological polar surface area (TPSA) is 98.1 Å².